The van der Waals surface area contributed by atoms with Crippen LogP contribution in [0.5, 0.6) is 0 Å². The average molecular weight is 362 g/mol. The highest BCUT2D eigenvalue weighted by molar-refractivity contribution is 7.92. The lowest BCUT2D eigenvalue weighted by atomic mass is 10.1. The molecule has 0 radical (unpaired) electrons. The van der Waals surface area contributed by atoms with Crippen LogP contribution >= 0.6 is 0 Å². The molecule has 25 heavy (non-hydrogen) atoms. The Morgan fingerprint density at radius 2 is 1.72 bits per heavy atom. The van der Waals surface area contributed by atoms with Gasteiger partial charge in [-0.1, -0.05) is 42.5 Å². The summed E-state index contributed by atoms with van der Waals surface area (Å²) in [6.45, 7) is 1.51. The summed E-state index contributed by atoms with van der Waals surface area (Å²) in [4.78, 5) is 12.2. The van der Waals surface area contributed by atoms with Gasteiger partial charge in [-0.3, -0.25) is 9.52 Å². The predicted octanol–water partition coefficient (Wildman–Crippen LogP) is 2.39. The number of rotatable bonds is 9. The number of ether oxygens (including phenoxy) is 1. The second-order valence-electron chi connectivity index (χ2n) is 5.57. The number of benzene rings is 2. The largest absolute Gasteiger partial charge is 0.377 e. The monoisotopic (exact) mass is 362 g/mol. The molecule has 0 aliphatic heterocycles. The fourth-order valence-electron chi connectivity index (χ4n) is 2.21. The number of hydrogen-bond donors (Lipinski definition) is 2. The Morgan fingerprint density at radius 1 is 1.04 bits per heavy atom. The van der Waals surface area contributed by atoms with Crippen molar-refractivity contribution < 1.29 is 17.9 Å². The summed E-state index contributed by atoms with van der Waals surface area (Å²) in [6.07, 6.45) is 1.71. The zero-order valence-corrected chi connectivity index (χ0v) is 14.9. The van der Waals surface area contributed by atoms with Gasteiger partial charge >= 0.3 is 0 Å². The Kier molecular flexibility index (Phi) is 6.97. The molecule has 0 spiro atoms. The van der Waals surface area contributed by atoms with Gasteiger partial charge < -0.3 is 10.1 Å². The number of sulfonamides is 1. The zero-order chi connectivity index (χ0) is 18.1. The van der Waals surface area contributed by atoms with Crippen molar-refractivity contribution in [2.45, 2.75) is 13.0 Å². The summed E-state index contributed by atoms with van der Waals surface area (Å²) in [6, 6.07) is 16.3. The highest BCUT2D eigenvalue weighted by atomic mass is 32.2. The van der Waals surface area contributed by atoms with E-state index in [9.17, 15) is 13.2 Å². The third kappa shape index (κ3) is 6.94. The van der Waals surface area contributed by atoms with Crippen molar-refractivity contribution in [3.63, 3.8) is 0 Å². The Hall–Kier alpha value is -2.38. The standard InChI is InChI=1S/C18H22N2O4S/c1-25(22,23)20-17-11-6-5-10-16(17)18(21)19-12-7-13-24-14-15-8-3-2-4-9-15/h2-6,8-11,20H,7,12-14H2,1H3,(H,19,21). The molecule has 1 amide bonds. The maximum Gasteiger partial charge on any atom is 0.253 e. The van der Waals surface area contributed by atoms with E-state index < -0.39 is 10.0 Å². The van der Waals surface area contributed by atoms with Crippen molar-refractivity contribution in [2.24, 2.45) is 0 Å². The minimum atomic E-state index is -3.44. The fraction of sp³-hybridized carbons (Fsp3) is 0.278. The molecule has 0 aliphatic rings. The highest BCUT2D eigenvalue weighted by Gasteiger charge is 2.13. The first-order chi connectivity index (χ1) is 12.0. The summed E-state index contributed by atoms with van der Waals surface area (Å²) >= 11 is 0. The predicted molar refractivity (Wildman–Crippen MR) is 98.0 cm³/mol. The van der Waals surface area contributed by atoms with E-state index in [1.54, 1.807) is 24.3 Å². The Labute approximate surface area is 148 Å². The van der Waals surface area contributed by atoms with Gasteiger partial charge in [-0.15, -0.1) is 0 Å². The van der Waals surface area contributed by atoms with E-state index in [0.717, 1.165) is 11.8 Å². The quantitative estimate of drug-likeness (QED) is 0.671. The van der Waals surface area contributed by atoms with Crippen molar-refractivity contribution in [1.29, 1.82) is 0 Å². The Morgan fingerprint density at radius 3 is 2.44 bits per heavy atom. The summed E-state index contributed by atoms with van der Waals surface area (Å²) < 4.78 is 30.6. The van der Waals surface area contributed by atoms with E-state index in [-0.39, 0.29) is 17.2 Å². The summed E-state index contributed by atoms with van der Waals surface area (Å²) in [5.74, 6) is -0.324. The Bertz CT molecular complexity index is 792. The second-order valence-corrected chi connectivity index (χ2v) is 7.32. The number of anilines is 1. The van der Waals surface area contributed by atoms with Crippen LogP contribution in [0.4, 0.5) is 5.69 Å². The van der Waals surface area contributed by atoms with Crippen LogP contribution in [-0.2, 0) is 21.4 Å². The molecule has 0 unspecified atom stereocenters. The summed E-state index contributed by atoms with van der Waals surface area (Å²) in [7, 11) is -3.44. The molecular formula is C18H22N2O4S. The molecule has 2 N–H and O–H groups in total. The van der Waals surface area contributed by atoms with Gasteiger partial charge in [0.2, 0.25) is 10.0 Å². The molecular weight excluding hydrogens is 340 g/mol. The smallest absolute Gasteiger partial charge is 0.253 e. The van der Waals surface area contributed by atoms with E-state index >= 15 is 0 Å². The number of nitrogens with one attached hydrogen (secondary N) is 2. The third-order valence-electron chi connectivity index (χ3n) is 3.33. The van der Waals surface area contributed by atoms with E-state index in [0.29, 0.717) is 26.2 Å². The highest BCUT2D eigenvalue weighted by Crippen LogP contribution is 2.16. The zero-order valence-electron chi connectivity index (χ0n) is 14.1. The molecule has 6 nitrogen and oxygen atoms in total. The topological polar surface area (TPSA) is 84.5 Å². The Balaban J connectivity index is 1.75. The number of para-hydroxylation sites is 1. The molecule has 2 aromatic carbocycles. The maximum absolute atomic E-state index is 12.2. The van der Waals surface area contributed by atoms with Gasteiger partial charge in [0.05, 0.1) is 24.1 Å². The molecule has 0 heterocycles. The lowest BCUT2D eigenvalue weighted by molar-refractivity contribution is 0.0935. The second kappa shape index (κ2) is 9.19. The first-order valence-electron chi connectivity index (χ1n) is 7.92. The van der Waals surface area contributed by atoms with Gasteiger partial charge in [0.15, 0.2) is 0 Å². The van der Waals surface area contributed by atoms with Gasteiger partial charge in [0.25, 0.3) is 5.91 Å². The number of amides is 1. The summed E-state index contributed by atoms with van der Waals surface area (Å²) in [5.41, 5.74) is 1.66. The normalized spacial score (nSPS) is 11.1. The summed E-state index contributed by atoms with van der Waals surface area (Å²) in [5, 5.41) is 2.77. The van der Waals surface area contributed by atoms with E-state index in [2.05, 4.69) is 10.0 Å². The van der Waals surface area contributed by atoms with Crippen LogP contribution in [-0.4, -0.2) is 33.7 Å². The number of carbonyl (C=O) groups is 1. The third-order valence-corrected chi connectivity index (χ3v) is 3.92. The molecule has 0 aliphatic carbocycles. The molecule has 7 heteroatoms. The minimum absolute atomic E-state index is 0.267. The van der Waals surface area contributed by atoms with Crippen molar-refractivity contribution in [3.05, 3.63) is 65.7 Å². The lowest BCUT2D eigenvalue weighted by Gasteiger charge is -2.11. The molecule has 0 saturated heterocycles. The molecule has 2 aromatic rings. The van der Waals surface area contributed by atoms with E-state index in [1.807, 2.05) is 30.3 Å². The minimum Gasteiger partial charge on any atom is -0.377 e. The SMILES string of the molecule is CS(=O)(=O)Nc1ccccc1C(=O)NCCCOCc1ccccc1. The molecule has 0 atom stereocenters. The van der Waals surface area contributed by atoms with Gasteiger partial charge in [0.1, 0.15) is 0 Å². The van der Waals surface area contributed by atoms with Crippen LogP contribution in [0.15, 0.2) is 54.6 Å². The first kappa shape index (κ1) is 19.0. The number of carbonyl (C=O) groups excluding carboxylic acids is 1. The van der Waals surface area contributed by atoms with Crippen molar-refractivity contribution in [3.8, 4) is 0 Å². The first-order valence-corrected chi connectivity index (χ1v) is 9.81. The maximum atomic E-state index is 12.2. The van der Waals surface area contributed by atoms with Gasteiger partial charge in [-0.2, -0.15) is 0 Å². The van der Waals surface area contributed by atoms with Crippen LogP contribution < -0.4 is 10.0 Å². The lowest BCUT2D eigenvalue weighted by Crippen LogP contribution is -2.26. The van der Waals surface area contributed by atoms with Crippen molar-refractivity contribution >= 4 is 21.6 Å². The molecule has 0 aromatic heterocycles. The van der Waals surface area contributed by atoms with E-state index in [1.165, 1.54) is 0 Å². The van der Waals surface area contributed by atoms with Gasteiger partial charge in [-0.05, 0) is 24.1 Å². The van der Waals surface area contributed by atoms with Crippen LogP contribution in [0, 0.1) is 0 Å². The van der Waals surface area contributed by atoms with Crippen LogP contribution in [0.3, 0.4) is 0 Å². The number of hydrogen-bond acceptors (Lipinski definition) is 4. The molecule has 0 saturated carbocycles. The van der Waals surface area contributed by atoms with Crippen molar-refractivity contribution in [2.75, 3.05) is 24.1 Å². The van der Waals surface area contributed by atoms with Crippen LogP contribution in [0.1, 0.15) is 22.3 Å². The molecule has 2 rings (SSSR count). The molecule has 134 valence electrons. The van der Waals surface area contributed by atoms with Crippen molar-refractivity contribution in [1.82, 2.24) is 5.32 Å². The fourth-order valence-corrected chi connectivity index (χ4v) is 2.78. The average Bonchev–Trinajstić information content (AvgIpc) is 2.58. The van der Waals surface area contributed by atoms with E-state index in [4.69, 9.17) is 4.74 Å². The van der Waals surface area contributed by atoms with Crippen LogP contribution in [0.2, 0.25) is 0 Å². The van der Waals surface area contributed by atoms with Gasteiger partial charge in [0, 0.05) is 13.2 Å². The van der Waals surface area contributed by atoms with Gasteiger partial charge in [-0.25, -0.2) is 8.42 Å². The van der Waals surface area contributed by atoms with Crippen LogP contribution in [0.25, 0.3) is 0 Å². The molecule has 0 bridgehead atoms. The molecule has 0 fully saturated rings.